The third-order valence-corrected chi connectivity index (χ3v) is 5.53. The summed E-state index contributed by atoms with van der Waals surface area (Å²) in [6.07, 6.45) is 5.21. The Morgan fingerprint density at radius 3 is 3.15 bits per heavy atom. The van der Waals surface area contributed by atoms with Crippen molar-refractivity contribution in [3.05, 3.63) is 23.4 Å². The zero-order valence-electron chi connectivity index (χ0n) is 11.4. The summed E-state index contributed by atoms with van der Waals surface area (Å²) in [5.41, 5.74) is -0.755. The lowest BCUT2D eigenvalue weighted by molar-refractivity contribution is -0.146. The molecule has 110 valence electrons. The summed E-state index contributed by atoms with van der Waals surface area (Å²) in [4.78, 5) is 15.8. The van der Waals surface area contributed by atoms with E-state index < -0.39 is 11.5 Å². The molecule has 4 nitrogen and oxygen atoms in total. The Balaban J connectivity index is 1.94. The van der Waals surface area contributed by atoms with Crippen molar-refractivity contribution in [1.82, 2.24) is 10.3 Å². The summed E-state index contributed by atoms with van der Waals surface area (Å²) in [6.45, 7) is 0. The maximum Gasteiger partial charge on any atom is 0.324 e. The highest BCUT2D eigenvalue weighted by Crippen LogP contribution is 2.39. The standard InChI is InChI=1S/C14H19ClN2O2S/c1-16-14(13(18)19)7-2-4-10(14)6-9-20-12-11(15)5-3-8-17-12/h3,5,8,10,16H,2,4,6-7,9H2,1H3,(H,18,19). The number of aliphatic carboxylic acids is 1. The van der Waals surface area contributed by atoms with Gasteiger partial charge in [-0.1, -0.05) is 18.0 Å². The number of pyridine rings is 1. The summed E-state index contributed by atoms with van der Waals surface area (Å²) in [5.74, 6) is 0.265. The molecule has 0 saturated heterocycles. The highest BCUT2D eigenvalue weighted by atomic mass is 35.5. The van der Waals surface area contributed by atoms with Crippen LogP contribution in [0.2, 0.25) is 5.02 Å². The van der Waals surface area contributed by atoms with Gasteiger partial charge in [-0.25, -0.2) is 4.98 Å². The molecule has 0 bridgehead atoms. The second kappa shape index (κ2) is 6.78. The zero-order chi connectivity index (χ0) is 14.6. The van der Waals surface area contributed by atoms with Gasteiger partial charge in [-0.3, -0.25) is 4.79 Å². The minimum Gasteiger partial charge on any atom is -0.480 e. The first kappa shape index (κ1) is 15.6. The number of hydrogen-bond donors (Lipinski definition) is 2. The molecule has 2 unspecified atom stereocenters. The van der Waals surface area contributed by atoms with Crippen LogP contribution < -0.4 is 5.32 Å². The van der Waals surface area contributed by atoms with Gasteiger partial charge in [0.25, 0.3) is 0 Å². The number of hydrogen-bond acceptors (Lipinski definition) is 4. The SMILES string of the molecule is CNC1(C(=O)O)CCCC1CCSc1ncccc1Cl. The summed E-state index contributed by atoms with van der Waals surface area (Å²) in [7, 11) is 1.75. The number of nitrogens with one attached hydrogen (secondary N) is 1. The van der Waals surface area contributed by atoms with E-state index >= 15 is 0 Å². The van der Waals surface area contributed by atoms with Crippen LogP contribution in [0.1, 0.15) is 25.7 Å². The maximum absolute atomic E-state index is 11.5. The largest absolute Gasteiger partial charge is 0.480 e. The van der Waals surface area contributed by atoms with Crippen LogP contribution in [0.15, 0.2) is 23.4 Å². The molecule has 2 atom stereocenters. The second-order valence-corrected chi connectivity index (χ2v) is 6.53. The van der Waals surface area contributed by atoms with Gasteiger partial charge in [-0.15, -0.1) is 11.8 Å². The number of nitrogens with zero attached hydrogens (tertiary/aromatic N) is 1. The third kappa shape index (κ3) is 3.10. The van der Waals surface area contributed by atoms with Crippen molar-refractivity contribution in [3.63, 3.8) is 0 Å². The molecule has 0 aromatic carbocycles. The second-order valence-electron chi connectivity index (χ2n) is 5.04. The van der Waals surface area contributed by atoms with Crippen LogP contribution in [0.3, 0.4) is 0 Å². The van der Waals surface area contributed by atoms with Crippen LogP contribution in [0.25, 0.3) is 0 Å². The number of likely N-dealkylation sites (N-methyl/N-ethyl adjacent to an activating group) is 1. The molecule has 6 heteroatoms. The molecule has 20 heavy (non-hydrogen) atoms. The van der Waals surface area contributed by atoms with Crippen LogP contribution in [-0.2, 0) is 4.79 Å². The number of carboxylic acids is 1. The molecule has 1 aromatic rings. The lowest BCUT2D eigenvalue weighted by atomic mass is 9.85. The molecule has 1 aliphatic carbocycles. The van der Waals surface area contributed by atoms with Crippen LogP contribution >= 0.6 is 23.4 Å². The van der Waals surface area contributed by atoms with Gasteiger partial charge < -0.3 is 10.4 Å². The van der Waals surface area contributed by atoms with Crippen molar-refractivity contribution in [3.8, 4) is 0 Å². The van der Waals surface area contributed by atoms with Gasteiger partial charge in [0.05, 0.1) is 5.02 Å². The van der Waals surface area contributed by atoms with Crippen molar-refractivity contribution in [2.75, 3.05) is 12.8 Å². The van der Waals surface area contributed by atoms with Gasteiger partial charge in [-0.2, -0.15) is 0 Å². The number of halogens is 1. The van der Waals surface area contributed by atoms with Gasteiger partial charge in [0.1, 0.15) is 10.6 Å². The van der Waals surface area contributed by atoms with E-state index in [-0.39, 0.29) is 5.92 Å². The summed E-state index contributed by atoms with van der Waals surface area (Å²) in [5, 5.41) is 14.0. The first-order chi connectivity index (χ1) is 9.60. The quantitative estimate of drug-likeness (QED) is 0.790. The first-order valence-electron chi connectivity index (χ1n) is 6.76. The van der Waals surface area contributed by atoms with Crippen molar-refractivity contribution in [2.45, 2.75) is 36.2 Å². The van der Waals surface area contributed by atoms with E-state index in [9.17, 15) is 9.90 Å². The highest BCUT2D eigenvalue weighted by molar-refractivity contribution is 7.99. The molecule has 1 saturated carbocycles. The average molecular weight is 315 g/mol. The predicted molar refractivity (Wildman–Crippen MR) is 81.4 cm³/mol. The molecule has 2 N–H and O–H groups in total. The Morgan fingerprint density at radius 2 is 2.50 bits per heavy atom. The maximum atomic E-state index is 11.5. The van der Waals surface area contributed by atoms with Crippen molar-refractivity contribution in [1.29, 1.82) is 0 Å². The Kier molecular flexibility index (Phi) is 5.29. The van der Waals surface area contributed by atoms with E-state index in [2.05, 4.69) is 10.3 Å². The summed E-state index contributed by atoms with van der Waals surface area (Å²) in [6, 6.07) is 3.63. The predicted octanol–water partition coefficient (Wildman–Crippen LogP) is 3.06. The Morgan fingerprint density at radius 1 is 1.70 bits per heavy atom. The normalized spacial score (nSPS) is 25.8. The van der Waals surface area contributed by atoms with E-state index in [0.717, 1.165) is 30.0 Å². The first-order valence-corrected chi connectivity index (χ1v) is 8.12. The Bertz CT molecular complexity index is 486. The fourth-order valence-electron chi connectivity index (χ4n) is 2.96. The highest BCUT2D eigenvalue weighted by Gasteiger charge is 2.47. The lowest BCUT2D eigenvalue weighted by Crippen LogP contribution is -2.53. The van der Waals surface area contributed by atoms with Crippen LogP contribution in [-0.4, -0.2) is 34.4 Å². The molecule has 1 fully saturated rings. The van der Waals surface area contributed by atoms with E-state index in [1.54, 1.807) is 31.1 Å². The van der Waals surface area contributed by atoms with Crippen molar-refractivity contribution < 1.29 is 9.90 Å². The number of aromatic nitrogens is 1. The topological polar surface area (TPSA) is 62.2 Å². The van der Waals surface area contributed by atoms with Crippen LogP contribution in [0.4, 0.5) is 0 Å². The van der Waals surface area contributed by atoms with Gasteiger partial charge in [-0.05, 0) is 50.1 Å². The monoisotopic (exact) mass is 314 g/mol. The Hall–Kier alpha value is -0.780. The molecular weight excluding hydrogens is 296 g/mol. The molecule has 0 amide bonds. The van der Waals surface area contributed by atoms with E-state index in [1.807, 2.05) is 6.07 Å². The minimum atomic E-state index is -0.755. The molecule has 1 aromatic heterocycles. The molecular formula is C14H19ClN2O2S. The van der Waals surface area contributed by atoms with Crippen LogP contribution in [0.5, 0.6) is 0 Å². The van der Waals surface area contributed by atoms with Gasteiger partial charge in [0.2, 0.25) is 0 Å². The van der Waals surface area contributed by atoms with Gasteiger partial charge in [0, 0.05) is 6.20 Å². The average Bonchev–Trinajstić information content (AvgIpc) is 2.85. The van der Waals surface area contributed by atoms with Crippen molar-refractivity contribution >= 4 is 29.3 Å². The Labute approximate surface area is 128 Å². The van der Waals surface area contributed by atoms with E-state index in [1.165, 1.54) is 0 Å². The molecule has 1 heterocycles. The minimum absolute atomic E-state index is 0.167. The lowest BCUT2D eigenvalue weighted by Gasteiger charge is -2.30. The smallest absolute Gasteiger partial charge is 0.324 e. The zero-order valence-corrected chi connectivity index (χ0v) is 13.0. The molecule has 1 aliphatic rings. The van der Waals surface area contributed by atoms with E-state index in [0.29, 0.717) is 11.4 Å². The van der Waals surface area contributed by atoms with Gasteiger partial charge >= 0.3 is 5.97 Å². The summed E-state index contributed by atoms with van der Waals surface area (Å²) >= 11 is 7.66. The molecule has 0 aliphatic heterocycles. The number of carbonyl (C=O) groups is 1. The molecule has 0 radical (unpaired) electrons. The third-order valence-electron chi connectivity index (χ3n) is 4.08. The fraction of sp³-hybridized carbons (Fsp3) is 0.571. The number of carboxylic acid groups (broad SMARTS) is 1. The molecule has 0 spiro atoms. The van der Waals surface area contributed by atoms with Gasteiger partial charge in [0.15, 0.2) is 0 Å². The van der Waals surface area contributed by atoms with Crippen molar-refractivity contribution in [2.24, 2.45) is 5.92 Å². The number of rotatable bonds is 6. The number of thioether (sulfide) groups is 1. The fourth-order valence-corrected chi connectivity index (χ4v) is 4.18. The summed E-state index contributed by atoms with van der Waals surface area (Å²) < 4.78 is 0. The molecule has 2 rings (SSSR count). The van der Waals surface area contributed by atoms with E-state index in [4.69, 9.17) is 11.6 Å². The van der Waals surface area contributed by atoms with Crippen LogP contribution in [0, 0.1) is 5.92 Å².